The monoisotopic (exact) mass is 611 g/mol. The largest absolute Gasteiger partial charge is 0.455 e. The number of nitrogens with zero attached hydrogens (tertiary/aromatic N) is 1. The number of fused-ring (bicyclic) bond motifs is 10. The van der Waals surface area contributed by atoms with Crippen molar-refractivity contribution in [1.82, 2.24) is 0 Å². The van der Waals surface area contributed by atoms with Crippen LogP contribution in [0.1, 0.15) is 0 Å². The molecule has 2 heteroatoms. The van der Waals surface area contributed by atoms with Gasteiger partial charge in [-0.1, -0.05) is 127 Å². The van der Waals surface area contributed by atoms with Crippen molar-refractivity contribution in [3.8, 4) is 11.1 Å². The Balaban J connectivity index is 1.17. The summed E-state index contributed by atoms with van der Waals surface area (Å²) in [5.41, 5.74) is 7.50. The highest BCUT2D eigenvalue weighted by molar-refractivity contribution is 6.23. The lowest BCUT2D eigenvalue weighted by Crippen LogP contribution is -2.10. The molecule has 0 saturated carbocycles. The first-order chi connectivity index (χ1) is 23.8. The Labute approximate surface area is 277 Å². The molecule has 0 amide bonds. The Morgan fingerprint density at radius 2 is 1.02 bits per heavy atom. The summed E-state index contributed by atoms with van der Waals surface area (Å²) in [6.07, 6.45) is 0. The van der Waals surface area contributed by atoms with E-state index in [2.05, 4.69) is 175 Å². The molecule has 0 aliphatic heterocycles. The zero-order valence-corrected chi connectivity index (χ0v) is 26.1. The fourth-order valence-electron chi connectivity index (χ4n) is 7.63. The van der Waals surface area contributed by atoms with Gasteiger partial charge in [-0.2, -0.15) is 0 Å². The van der Waals surface area contributed by atoms with Crippen molar-refractivity contribution in [2.75, 3.05) is 4.90 Å². The maximum Gasteiger partial charge on any atom is 0.145 e. The lowest BCUT2D eigenvalue weighted by atomic mass is 9.90. The van der Waals surface area contributed by atoms with Gasteiger partial charge in [0.15, 0.2) is 0 Å². The molecule has 0 bridgehead atoms. The van der Waals surface area contributed by atoms with Crippen molar-refractivity contribution in [1.29, 1.82) is 0 Å². The van der Waals surface area contributed by atoms with Gasteiger partial charge in [-0.15, -0.1) is 0 Å². The van der Waals surface area contributed by atoms with Crippen molar-refractivity contribution >= 4 is 82.1 Å². The summed E-state index contributed by atoms with van der Waals surface area (Å²) >= 11 is 0. The average Bonchev–Trinajstić information content (AvgIpc) is 3.54. The van der Waals surface area contributed by atoms with Crippen LogP contribution in [0.2, 0.25) is 0 Å². The van der Waals surface area contributed by atoms with E-state index in [1.807, 2.05) is 6.07 Å². The molecule has 2 nitrogen and oxygen atoms in total. The van der Waals surface area contributed by atoms with E-state index in [4.69, 9.17) is 4.42 Å². The van der Waals surface area contributed by atoms with Gasteiger partial charge in [0.25, 0.3) is 0 Å². The molecular weight excluding hydrogens is 583 g/mol. The number of benzene rings is 9. The third-order valence-corrected chi connectivity index (χ3v) is 9.80. The Morgan fingerprint density at radius 3 is 1.88 bits per heavy atom. The number of furan rings is 1. The first kappa shape index (κ1) is 26.8. The van der Waals surface area contributed by atoms with Crippen LogP contribution >= 0.6 is 0 Å². The number of hydrogen-bond donors (Lipinski definition) is 0. The highest BCUT2D eigenvalue weighted by Crippen LogP contribution is 2.45. The second kappa shape index (κ2) is 10.6. The summed E-state index contributed by atoms with van der Waals surface area (Å²) in [7, 11) is 0. The molecule has 1 aromatic heterocycles. The molecule has 10 rings (SSSR count). The van der Waals surface area contributed by atoms with Crippen molar-refractivity contribution in [3.63, 3.8) is 0 Å². The van der Waals surface area contributed by atoms with Crippen LogP contribution in [-0.2, 0) is 0 Å². The standard InChI is InChI=1S/C46H29NO/c1-2-13-34(14-3-1)47(42-19-10-12-32-25-28-40-38-17-8-9-20-43(38)48-46(40)45(32)42)35-26-23-31(24-27-35)41-29-33-22-21-30-11-4-5-15-36(30)44(33)39-18-7-6-16-37(39)41/h1-29H. The number of anilines is 3. The van der Waals surface area contributed by atoms with E-state index >= 15 is 0 Å². The minimum absolute atomic E-state index is 0.904. The second-order valence-corrected chi connectivity index (χ2v) is 12.5. The minimum Gasteiger partial charge on any atom is -0.455 e. The molecular formula is C46H29NO. The van der Waals surface area contributed by atoms with Gasteiger partial charge < -0.3 is 9.32 Å². The second-order valence-electron chi connectivity index (χ2n) is 12.5. The van der Waals surface area contributed by atoms with E-state index in [1.54, 1.807) is 0 Å². The molecule has 0 saturated heterocycles. The smallest absolute Gasteiger partial charge is 0.145 e. The molecule has 0 fully saturated rings. The first-order valence-electron chi connectivity index (χ1n) is 16.4. The van der Waals surface area contributed by atoms with Crippen LogP contribution in [0.5, 0.6) is 0 Å². The summed E-state index contributed by atoms with van der Waals surface area (Å²) in [6.45, 7) is 0. The molecule has 0 aliphatic rings. The van der Waals surface area contributed by atoms with Gasteiger partial charge in [-0.05, 0) is 97.4 Å². The van der Waals surface area contributed by atoms with Crippen molar-refractivity contribution < 1.29 is 4.42 Å². The van der Waals surface area contributed by atoms with Crippen LogP contribution in [0, 0.1) is 0 Å². The number of para-hydroxylation sites is 2. The maximum atomic E-state index is 6.58. The van der Waals surface area contributed by atoms with Gasteiger partial charge >= 0.3 is 0 Å². The predicted octanol–water partition coefficient (Wildman–Crippen LogP) is 13.3. The fourth-order valence-corrected chi connectivity index (χ4v) is 7.63. The predicted molar refractivity (Wildman–Crippen MR) is 204 cm³/mol. The summed E-state index contributed by atoms with van der Waals surface area (Å²) in [6, 6.07) is 63.2. The van der Waals surface area contributed by atoms with Gasteiger partial charge in [0.2, 0.25) is 0 Å². The van der Waals surface area contributed by atoms with Crippen LogP contribution in [0.4, 0.5) is 17.1 Å². The number of rotatable bonds is 4. The summed E-state index contributed by atoms with van der Waals surface area (Å²) in [4.78, 5) is 2.35. The Hall–Kier alpha value is -6.38. The lowest BCUT2D eigenvalue weighted by molar-refractivity contribution is 0.672. The molecule has 9 aromatic carbocycles. The summed E-state index contributed by atoms with van der Waals surface area (Å²) in [5, 5.41) is 12.2. The molecule has 224 valence electrons. The van der Waals surface area contributed by atoms with Gasteiger partial charge in [0.1, 0.15) is 11.2 Å². The fraction of sp³-hybridized carbons (Fsp3) is 0. The average molecular weight is 612 g/mol. The zero-order valence-electron chi connectivity index (χ0n) is 26.1. The van der Waals surface area contributed by atoms with Gasteiger partial charge in [0.05, 0.1) is 5.69 Å². The molecule has 48 heavy (non-hydrogen) atoms. The van der Waals surface area contributed by atoms with Crippen LogP contribution in [0.15, 0.2) is 180 Å². The molecule has 0 radical (unpaired) electrons. The van der Waals surface area contributed by atoms with Crippen molar-refractivity contribution in [3.05, 3.63) is 176 Å². The molecule has 0 unspecified atom stereocenters. The summed E-state index contributed by atoms with van der Waals surface area (Å²) in [5.74, 6) is 0. The Kier molecular flexibility index (Phi) is 5.91. The SMILES string of the molecule is c1ccc(N(c2ccc(-c3cc4ccc5ccccc5c4c4ccccc34)cc2)c2cccc3ccc4c5ccccc5oc4c23)cc1. The van der Waals surface area contributed by atoms with Crippen molar-refractivity contribution in [2.45, 2.75) is 0 Å². The molecule has 1 heterocycles. The highest BCUT2D eigenvalue weighted by atomic mass is 16.3. The van der Waals surface area contributed by atoms with Crippen LogP contribution in [0.3, 0.4) is 0 Å². The highest BCUT2D eigenvalue weighted by Gasteiger charge is 2.20. The lowest BCUT2D eigenvalue weighted by Gasteiger charge is -2.27. The molecule has 10 aromatic rings. The van der Waals surface area contributed by atoms with E-state index < -0.39 is 0 Å². The zero-order chi connectivity index (χ0) is 31.6. The van der Waals surface area contributed by atoms with Gasteiger partial charge in [-0.25, -0.2) is 0 Å². The van der Waals surface area contributed by atoms with E-state index in [1.165, 1.54) is 43.4 Å². The van der Waals surface area contributed by atoms with Crippen LogP contribution in [-0.4, -0.2) is 0 Å². The van der Waals surface area contributed by atoms with Gasteiger partial charge in [-0.3, -0.25) is 0 Å². The Morgan fingerprint density at radius 1 is 0.375 bits per heavy atom. The number of hydrogen-bond acceptors (Lipinski definition) is 2. The molecule has 0 aliphatic carbocycles. The third-order valence-electron chi connectivity index (χ3n) is 9.80. The summed E-state index contributed by atoms with van der Waals surface area (Å²) < 4.78 is 6.58. The van der Waals surface area contributed by atoms with E-state index in [0.29, 0.717) is 0 Å². The third kappa shape index (κ3) is 4.06. The van der Waals surface area contributed by atoms with Crippen LogP contribution < -0.4 is 4.90 Å². The van der Waals surface area contributed by atoms with Crippen LogP contribution in [0.25, 0.3) is 76.2 Å². The van der Waals surface area contributed by atoms with Crippen molar-refractivity contribution in [2.24, 2.45) is 0 Å². The van der Waals surface area contributed by atoms with E-state index in [-0.39, 0.29) is 0 Å². The maximum absolute atomic E-state index is 6.58. The Bertz CT molecular complexity index is 2830. The molecule has 0 atom stereocenters. The normalized spacial score (nSPS) is 11.8. The van der Waals surface area contributed by atoms with E-state index in [0.717, 1.165) is 49.8 Å². The minimum atomic E-state index is 0.904. The van der Waals surface area contributed by atoms with E-state index in [9.17, 15) is 0 Å². The molecule has 0 N–H and O–H groups in total. The topological polar surface area (TPSA) is 16.4 Å². The quantitative estimate of drug-likeness (QED) is 0.184. The first-order valence-corrected chi connectivity index (χ1v) is 16.4. The van der Waals surface area contributed by atoms with Gasteiger partial charge in [0, 0.05) is 27.5 Å². The molecule has 0 spiro atoms.